The highest BCUT2D eigenvalue weighted by molar-refractivity contribution is 9.10. The smallest absolute Gasteiger partial charge is 0.199 e. The predicted molar refractivity (Wildman–Crippen MR) is 74.5 cm³/mol. The Morgan fingerprint density at radius 2 is 2.26 bits per heavy atom. The molecule has 1 aliphatic rings. The number of halogens is 1. The van der Waals surface area contributed by atoms with E-state index in [0.29, 0.717) is 5.82 Å². The molecule has 0 saturated carbocycles. The van der Waals surface area contributed by atoms with Crippen molar-refractivity contribution in [2.45, 2.75) is 32.4 Å². The summed E-state index contributed by atoms with van der Waals surface area (Å²) in [5, 5.41) is 4.48. The van der Waals surface area contributed by atoms with Gasteiger partial charge in [-0.15, -0.1) is 5.10 Å². The van der Waals surface area contributed by atoms with Crippen molar-refractivity contribution in [3.05, 3.63) is 28.6 Å². The molecule has 1 atom stereocenters. The van der Waals surface area contributed by atoms with E-state index >= 15 is 0 Å². The van der Waals surface area contributed by atoms with Gasteiger partial charge < -0.3 is 4.74 Å². The number of aromatic nitrogens is 4. The number of hydrogen-bond donors (Lipinski definition) is 0. The molecule has 2 aromatic rings. The summed E-state index contributed by atoms with van der Waals surface area (Å²) in [6, 6.07) is 3.88. The number of nitrogens with zero attached hydrogens (tertiary/aromatic N) is 4. The Labute approximate surface area is 120 Å². The molecular weight excluding hydrogens is 308 g/mol. The second-order valence-corrected chi connectivity index (χ2v) is 5.49. The van der Waals surface area contributed by atoms with E-state index in [1.54, 1.807) is 11.0 Å². The quantitative estimate of drug-likeness (QED) is 0.852. The first-order valence-electron chi connectivity index (χ1n) is 6.40. The molecule has 100 valence electrons. The molecule has 3 rings (SSSR count). The highest BCUT2D eigenvalue weighted by Crippen LogP contribution is 2.23. The summed E-state index contributed by atoms with van der Waals surface area (Å²) >= 11 is 3.44. The van der Waals surface area contributed by atoms with E-state index in [1.165, 1.54) is 6.42 Å². The van der Waals surface area contributed by atoms with Crippen molar-refractivity contribution in [3.8, 4) is 11.5 Å². The maximum Gasteiger partial charge on any atom is 0.199 e. The minimum absolute atomic E-state index is 0.0199. The van der Waals surface area contributed by atoms with Gasteiger partial charge in [0.1, 0.15) is 12.0 Å². The zero-order valence-corrected chi connectivity index (χ0v) is 12.3. The monoisotopic (exact) mass is 322 g/mol. The molecule has 1 aliphatic heterocycles. The molecule has 3 heterocycles. The summed E-state index contributed by atoms with van der Waals surface area (Å²) in [5.41, 5.74) is 1.72. The molecule has 0 radical (unpaired) electrons. The number of hydrogen-bond acceptors (Lipinski definition) is 4. The Kier molecular flexibility index (Phi) is 3.61. The Hall–Kier alpha value is -1.27. The van der Waals surface area contributed by atoms with Gasteiger partial charge in [0.2, 0.25) is 0 Å². The molecule has 0 N–H and O–H groups in total. The van der Waals surface area contributed by atoms with Crippen molar-refractivity contribution in [1.82, 2.24) is 19.7 Å². The SMILES string of the molecule is Cc1nc(-c2ncn([C@H]3CCCCO3)n2)ccc1Br. The van der Waals surface area contributed by atoms with Crippen LogP contribution < -0.4 is 0 Å². The third kappa shape index (κ3) is 2.69. The Morgan fingerprint density at radius 1 is 1.37 bits per heavy atom. The molecule has 0 amide bonds. The van der Waals surface area contributed by atoms with Gasteiger partial charge in [0.15, 0.2) is 12.1 Å². The van der Waals surface area contributed by atoms with E-state index in [-0.39, 0.29) is 6.23 Å². The summed E-state index contributed by atoms with van der Waals surface area (Å²) in [4.78, 5) is 8.80. The summed E-state index contributed by atoms with van der Waals surface area (Å²) in [7, 11) is 0. The lowest BCUT2D eigenvalue weighted by Gasteiger charge is -2.21. The maximum atomic E-state index is 5.69. The van der Waals surface area contributed by atoms with Crippen molar-refractivity contribution < 1.29 is 4.74 Å². The molecule has 0 spiro atoms. The highest BCUT2D eigenvalue weighted by Gasteiger charge is 2.18. The molecule has 0 unspecified atom stereocenters. The number of rotatable bonds is 2. The van der Waals surface area contributed by atoms with Crippen LogP contribution in [0.25, 0.3) is 11.5 Å². The van der Waals surface area contributed by atoms with Crippen molar-refractivity contribution in [3.63, 3.8) is 0 Å². The largest absolute Gasteiger partial charge is 0.356 e. The first kappa shape index (κ1) is 12.7. The van der Waals surface area contributed by atoms with E-state index in [1.807, 2.05) is 19.1 Å². The van der Waals surface area contributed by atoms with E-state index in [4.69, 9.17) is 4.74 Å². The second-order valence-electron chi connectivity index (χ2n) is 4.63. The second kappa shape index (κ2) is 5.38. The Morgan fingerprint density at radius 3 is 3.00 bits per heavy atom. The molecule has 2 aromatic heterocycles. The Balaban J connectivity index is 1.85. The van der Waals surface area contributed by atoms with Crippen LogP contribution in [0.2, 0.25) is 0 Å². The molecule has 19 heavy (non-hydrogen) atoms. The van der Waals surface area contributed by atoms with Crippen LogP contribution in [0.3, 0.4) is 0 Å². The fourth-order valence-electron chi connectivity index (χ4n) is 2.13. The van der Waals surface area contributed by atoms with Gasteiger partial charge >= 0.3 is 0 Å². The van der Waals surface area contributed by atoms with E-state index < -0.39 is 0 Å². The molecular formula is C13H15BrN4O. The average molecular weight is 323 g/mol. The van der Waals surface area contributed by atoms with Crippen LogP contribution in [0, 0.1) is 6.92 Å². The summed E-state index contributed by atoms with van der Waals surface area (Å²) in [6.07, 6.45) is 5.05. The van der Waals surface area contributed by atoms with E-state index in [2.05, 4.69) is 31.0 Å². The fourth-order valence-corrected chi connectivity index (χ4v) is 2.35. The van der Waals surface area contributed by atoms with Gasteiger partial charge in [0.05, 0.1) is 5.69 Å². The van der Waals surface area contributed by atoms with Crippen LogP contribution in [0.5, 0.6) is 0 Å². The standard InChI is InChI=1S/C13H15BrN4O/c1-9-10(14)5-6-11(16-9)13-15-8-18(17-13)12-4-2-3-7-19-12/h5-6,8,12H,2-4,7H2,1H3/t12-/m1/s1. The van der Waals surface area contributed by atoms with Gasteiger partial charge in [0.25, 0.3) is 0 Å². The molecule has 1 saturated heterocycles. The minimum Gasteiger partial charge on any atom is -0.356 e. The number of pyridine rings is 1. The lowest BCUT2D eigenvalue weighted by atomic mass is 10.2. The minimum atomic E-state index is 0.0199. The molecule has 5 nitrogen and oxygen atoms in total. The van der Waals surface area contributed by atoms with Gasteiger partial charge in [-0.05, 0) is 54.2 Å². The zero-order valence-electron chi connectivity index (χ0n) is 10.7. The van der Waals surface area contributed by atoms with Crippen molar-refractivity contribution in [2.24, 2.45) is 0 Å². The highest BCUT2D eigenvalue weighted by atomic mass is 79.9. The van der Waals surface area contributed by atoms with Gasteiger partial charge in [0, 0.05) is 11.1 Å². The summed E-state index contributed by atoms with van der Waals surface area (Å²) in [6.45, 7) is 2.75. The number of aryl methyl sites for hydroxylation is 1. The molecule has 1 fully saturated rings. The average Bonchev–Trinajstić information content (AvgIpc) is 2.93. The van der Waals surface area contributed by atoms with E-state index in [0.717, 1.165) is 35.3 Å². The lowest BCUT2D eigenvalue weighted by molar-refractivity contribution is -0.0395. The summed E-state index contributed by atoms with van der Waals surface area (Å²) in [5.74, 6) is 0.643. The molecule has 0 aromatic carbocycles. The first-order chi connectivity index (χ1) is 9.24. The van der Waals surface area contributed by atoms with Crippen LogP contribution in [0.4, 0.5) is 0 Å². The lowest BCUT2D eigenvalue weighted by Crippen LogP contribution is -2.18. The van der Waals surface area contributed by atoms with Gasteiger partial charge in [-0.1, -0.05) is 0 Å². The third-order valence-electron chi connectivity index (χ3n) is 3.21. The fraction of sp³-hybridized carbons (Fsp3) is 0.462. The third-order valence-corrected chi connectivity index (χ3v) is 4.05. The van der Waals surface area contributed by atoms with Crippen LogP contribution in [-0.4, -0.2) is 26.4 Å². The molecule has 0 aliphatic carbocycles. The molecule has 0 bridgehead atoms. The van der Waals surface area contributed by atoms with Crippen LogP contribution >= 0.6 is 15.9 Å². The normalized spacial score (nSPS) is 19.6. The van der Waals surface area contributed by atoms with Crippen LogP contribution in [0.1, 0.15) is 31.2 Å². The topological polar surface area (TPSA) is 52.8 Å². The summed E-state index contributed by atoms with van der Waals surface area (Å²) < 4.78 is 8.48. The first-order valence-corrected chi connectivity index (χ1v) is 7.19. The number of ether oxygens (including phenoxy) is 1. The van der Waals surface area contributed by atoms with Crippen molar-refractivity contribution in [1.29, 1.82) is 0 Å². The van der Waals surface area contributed by atoms with E-state index in [9.17, 15) is 0 Å². The Bertz CT molecular complexity index is 578. The predicted octanol–water partition coefficient (Wildman–Crippen LogP) is 3.11. The van der Waals surface area contributed by atoms with Gasteiger partial charge in [-0.25, -0.2) is 14.6 Å². The van der Waals surface area contributed by atoms with Gasteiger partial charge in [-0.3, -0.25) is 0 Å². The van der Waals surface area contributed by atoms with Crippen molar-refractivity contribution in [2.75, 3.05) is 6.61 Å². The van der Waals surface area contributed by atoms with Gasteiger partial charge in [-0.2, -0.15) is 0 Å². The maximum absolute atomic E-state index is 5.69. The zero-order chi connectivity index (χ0) is 13.2. The van der Waals surface area contributed by atoms with Crippen molar-refractivity contribution >= 4 is 15.9 Å². The molecule has 6 heteroatoms. The van der Waals surface area contributed by atoms with Crippen LogP contribution in [-0.2, 0) is 4.74 Å². The van der Waals surface area contributed by atoms with Crippen LogP contribution in [0.15, 0.2) is 22.9 Å².